The smallest absolute Gasteiger partial charge is 0.138 e. The van der Waals surface area contributed by atoms with Gasteiger partial charge in [0.1, 0.15) is 5.75 Å². The molecular weight excluding hydrogens is 247 g/mol. The van der Waals surface area contributed by atoms with Crippen molar-refractivity contribution in [2.24, 2.45) is 0 Å². The van der Waals surface area contributed by atoms with E-state index in [9.17, 15) is 0 Å². The topological polar surface area (TPSA) is 45.0 Å². The lowest BCUT2D eigenvalue weighted by molar-refractivity contribution is 0.415. The Hall–Kier alpha value is -0.950. The summed E-state index contributed by atoms with van der Waals surface area (Å²) >= 11 is 12.0. The molecule has 0 saturated carbocycles. The van der Waals surface area contributed by atoms with Crippen LogP contribution in [0.2, 0.25) is 10.0 Å². The molecule has 0 aliphatic carbocycles. The molecule has 0 atom stereocenters. The summed E-state index contributed by atoms with van der Waals surface area (Å²) in [5.41, 5.74) is 0.894. The maximum Gasteiger partial charge on any atom is 0.138 e. The number of benzene rings is 1. The second kappa shape index (κ2) is 6.59. The summed E-state index contributed by atoms with van der Waals surface area (Å²) in [6, 6.07) is 5.51. The predicted molar refractivity (Wildman–Crippen MR) is 65.0 cm³/mol. The number of hydrogen-bond donors (Lipinski definition) is 1. The summed E-state index contributed by atoms with van der Waals surface area (Å²) in [6.07, 6.45) is 0.474. The average molecular weight is 259 g/mol. The van der Waals surface area contributed by atoms with Gasteiger partial charge >= 0.3 is 0 Å². The molecule has 0 aliphatic heterocycles. The molecule has 0 heterocycles. The van der Waals surface area contributed by atoms with Crippen LogP contribution >= 0.6 is 23.2 Å². The Kier molecular flexibility index (Phi) is 5.41. The standard InChI is InChI=1S/C11H12Cl2N2O/c1-16-11-6-9(12)8(5-10(11)13)7-15-4-2-3-14/h5-6,15H,2,4,7H2,1H3. The van der Waals surface area contributed by atoms with Gasteiger partial charge in [-0.2, -0.15) is 5.26 Å². The lowest BCUT2D eigenvalue weighted by atomic mass is 10.2. The van der Waals surface area contributed by atoms with Gasteiger partial charge in [0.2, 0.25) is 0 Å². The first-order chi connectivity index (χ1) is 7.69. The van der Waals surface area contributed by atoms with Crippen LogP contribution in [0, 0.1) is 11.3 Å². The zero-order chi connectivity index (χ0) is 12.0. The molecule has 0 spiro atoms. The van der Waals surface area contributed by atoms with E-state index in [4.69, 9.17) is 33.2 Å². The van der Waals surface area contributed by atoms with E-state index in [1.165, 1.54) is 0 Å². The maximum absolute atomic E-state index is 8.38. The second-order valence-corrected chi connectivity index (χ2v) is 3.98. The van der Waals surface area contributed by atoms with E-state index >= 15 is 0 Å². The number of hydrogen-bond acceptors (Lipinski definition) is 3. The highest BCUT2D eigenvalue weighted by atomic mass is 35.5. The van der Waals surface area contributed by atoms with Crippen LogP contribution in [-0.2, 0) is 6.54 Å². The fourth-order valence-corrected chi connectivity index (χ4v) is 1.71. The lowest BCUT2D eigenvalue weighted by Crippen LogP contribution is -2.14. The Bertz CT molecular complexity index is 402. The zero-order valence-electron chi connectivity index (χ0n) is 8.89. The van der Waals surface area contributed by atoms with Crippen LogP contribution in [0.15, 0.2) is 12.1 Å². The van der Waals surface area contributed by atoms with E-state index in [0.29, 0.717) is 35.3 Å². The first-order valence-corrected chi connectivity index (χ1v) is 5.54. The van der Waals surface area contributed by atoms with Crippen molar-refractivity contribution in [3.8, 4) is 11.8 Å². The van der Waals surface area contributed by atoms with Crippen molar-refractivity contribution in [1.29, 1.82) is 5.26 Å². The SMILES string of the molecule is COc1cc(Cl)c(CNCCC#N)cc1Cl. The van der Waals surface area contributed by atoms with Gasteiger partial charge in [0.15, 0.2) is 0 Å². The highest BCUT2D eigenvalue weighted by molar-refractivity contribution is 6.34. The van der Waals surface area contributed by atoms with Gasteiger partial charge in [-0.15, -0.1) is 0 Å². The van der Waals surface area contributed by atoms with E-state index in [1.54, 1.807) is 19.2 Å². The minimum atomic E-state index is 0.474. The zero-order valence-corrected chi connectivity index (χ0v) is 10.4. The molecule has 0 fully saturated rings. The quantitative estimate of drug-likeness (QED) is 0.826. The van der Waals surface area contributed by atoms with Crippen LogP contribution in [0.5, 0.6) is 5.75 Å². The lowest BCUT2D eigenvalue weighted by Gasteiger charge is -2.09. The highest BCUT2D eigenvalue weighted by Crippen LogP contribution is 2.30. The molecule has 5 heteroatoms. The molecule has 0 radical (unpaired) electrons. The van der Waals surface area contributed by atoms with Crippen LogP contribution in [0.3, 0.4) is 0 Å². The Morgan fingerprint density at radius 3 is 2.75 bits per heavy atom. The Morgan fingerprint density at radius 2 is 2.12 bits per heavy atom. The molecule has 3 nitrogen and oxygen atoms in total. The summed E-state index contributed by atoms with van der Waals surface area (Å²) in [4.78, 5) is 0. The van der Waals surface area contributed by atoms with Crippen molar-refractivity contribution in [3.63, 3.8) is 0 Å². The molecule has 0 saturated heterocycles. The van der Waals surface area contributed by atoms with Gasteiger partial charge in [-0.25, -0.2) is 0 Å². The number of nitrogens with one attached hydrogen (secondary N) is 1. The first-order valence-electron chi connectivity index (χ1n) is 4.78. The predicted octanol–water partition coefficient (Wildman–Crippen LogP) is 3.01. The van der Waals surface area contributed by atoms with Gasteiger partial charge < -0.3 is 10.1 Å². The Morgan fingerprint density at radius 1 is 1.38 bits per heavy atom. The van der Waals surface area contributed by atoms with E-state index in [-0.39, 0.29) is 0 Å². The van der Waals surface area contributed by atoms with Crippen LogP contribution in [0.1, 0.15) is 12.0 Å². The molecule has 1 N–H and O–H groups in total. The highest BCUT2D eigenvalue weighted by Gasteiger charge is 2.07. The monoisotopic (exact) mass is 258 g/mol. The number of halogens is 2. The van der Waals surface area contributed by atoms with E-state index in [0.717, 1.165) is 5.56 Å². The Balaban J connectivity index is 2.67. The van der Waals surface area contributed by atoms with Crippen molar-refractivity contribution >= 4 is 23.2 Å². The molecule has 0 aliphatic rings. The van der Waals surface area contributed by atoms with E-state index < -0.39 is 0 Å². The van der Waals surface area contributed by atoms with Crippen LogP contribution in [-0.4, -0.2) is 13.7 Å². The number of nitriles is 1. The Labute approximate surface area is 105 Å². The summed E-state index contributed by atoms with van der Waals surface area (Å²) in [6.45, 7) is 1.22. The molecule has 1 aromatic carbocycles. The summed E-state index contributed by atoms with van der Waals surface area (Å²) in [7, 11) is 1.54. The normalized spacial score (nSPS) is 9.88. The summed E-state index contributed by atoms with van der Waals surface area (Å²) < 4.78 is 5.04. The van der Waals surface area contributed by atoms with Gasteiger partial charge in [-0.1, -0.05) is 23.2 Å². The fourth-order valence-electron chi connectivity index (χ4n) is 1.23. The second-order valence-electron chi connectivity index (χ2n) is 3.16. The third-order valence-electron chi connectivity index (χ3n) is 2.05. The number of ether oxygens (including phenoxy) is 1. The molecule has 0 bridgehead atoms. The summed E-state index contributed by atoms with van der Waals surface area (Å²) in [5.74, 6) is 0.562. The molecule has 1 rings (SSSR count). The molecule has 16 heavy (non-hydrogen) atoms. The minimum absolute atomic E-state index is 0.474. The number of nitrogens with zero attached hydrogens (tertiary/aromatic N) is 1. The van der Waals surface area contributed by atoms with Crippen LogP contribution < -0.4 is 10.1 Å². The summed E-state index contributed by atoms with van der Waals surface area (Å²) in [5, 5.41) is 12.6. The third kappa shape index (κ3) is 3.57. The van der Waals surface area contributed by atoms with Crippen molar-refractivity contribution < 1.29 is 4.74 Å². The number of methoxy groups -OCH3 is 1. The molecule has 0 unspecified atom stereocenters. The van der Waals surface area contributed by atoms with Crippen molar-refractivity contribution in [3.05, 3.63) is 27.7 Å². The van der Waals surface area contributed by atoms with Gasteiger partial charge in [0, 0.05) is 30.6 Å². The van der Waals surface area contributed by atoms with Crippen LogP contribution in [0.25, 0.3) is 0 Å². The fraction of sp³-hybridized carbons (Fsp3) is 0.364. The molecule has 1 aromatic rings. The van der Waals surface area contributed by atoms with Crippen molar-refractivity contribution in [1.82, 2.24) is 5.32 Å². The van der Waals surface area contributed by atoms with Gasteiger partial charge in [0.25, 0.3) is 0 Å². The molecular formula is C11H12Cl2N2O. The molecule has 0 aromatic heterocycles. The average Bonchev–Trinajstić information content (AvgIpc) is 2.28. The van der Waals surface area contributed by atoms with Gasteiger partial charge in [-0.05, 0) is 11.6 Å². The minimum Gasteiger partial charge on any atom is -0.495 e. The van der Waals surface area contributed by atoms with E-state index in [1.807, 2.05) is 0 Å². The van der Waals surface area contributed by atoms with E-state index in [2.05, 4.69) is 11.4 Å². The molecule has 0 amide bonds. The third-order valence-corrected chi connectivity index (χ3v) is 2.70. The van der Waals surface area contributed by atoms with Gasteiger partial charge in [0.05, 0.1) is 18.2 Å². The van der Waals surface area contributed by atoms with Crippen molar-refractivity contribution in [2.45, 2.75) is 13.0 Å². The van der Waals surface area contributed by atoms with Crippen molar-refractivity contribution in [2.75, 3.05) is 13.7 Å². The van der Waals surface area contributed by atoms with Gasteiger partial charge in [-0.3, -0.25) is 0 Å². The maximum atomic E-state index is 8.38. The number of rotatable bonds is 5. The first kappa shape index (κ1) is 13.1. The largest absolute Gasteiger partial charge is 0.495 e. The van der Waals surface area contributed by atoms with Crippen LogP contribution in [0.4, 0.5) is 0 Å². The molecule has 86 valence electrons.